The SMILES string of the molecule is COC(=O)[C@@H]1C(=O)C[C@@](C)(O)[C@H](C(=O)OC)[C@H]1c1ccc(OC)cc1. The van der Waals surface area contributed by atoms with Crippen molar-refractivity contribution in [2.45, 2.75) is 24.9 Å². The highest BCUT2D eigenvalue weighted by Gasteiger charge is 2.56. The van der Waals surface area contributed by atoms with Crippen LogP contribution in [-0.2, 0) is 23.9 Å². The highest BCUT2D eigenvalue weighted by Crippen LogP contribution is 2.46. The lowest BCUT2D eigenvalue weighted by Gasteiger charge is -2.43. The van der Waals surface area contributed by atoms with E-state index in [0.29, 0.717) is 11.3 Å². The lowest BCUT2D eigenvalue weighted by atomic mass is 9.62. The van der Waals surface area contributed by atoms with Crippen LogP contribution in [0.2, 0.25) is 0 Å². The van der Waals surface area contributed by atoms with Crippen LogP contribution in [0.1, 0.15) is 24.8 Å². The summed E-state index contributed by atoms with van der Waals surface area (Å²) in [5.74, 6) is -4.50. The monoisotopic (exact) mass is 350 g/mol. The average Bonchev–Trinajstić information content (AvgIpc) is 2.59. The Labute approximate surface area is 145 Å². The maximum Gasteiger partial charge on any atom is 0.316 e. The Morgan fingerprint density at radius 3 is 2.12 bits per heavy atom. The molecule has 0 unspecified atom stereocenters. The summed E-state index contributed by atoms with van der Waals surface area (Å²) < 4.78 is 14.7. The van der Waals surface area contributed by atoms with E-state index in [0.717, 1.165) is 0 Å². The van der Waals surface area contributed by atoms with Crippen molar-refractivity contribution >= 4 is 17.7 Å². The number of rotatable bonds is 4. The van der Waals surface area contributed by atoms with Gasteiger partial charge in [0.15, 0.2) is 5.78 Å². The predicted molar refractivity (Wildman–Crippen MR) is 87.0 cm³/mol. The Bertz CT molecular complexity index is 663. The normalized spacial score (nSPS) is 29.0. The number of Topliss-reactive ketones (excluding diaryl/α,β-unsaturated/α-hetero) is 1. The van der Waals surface area contributed by atoms with Gasteiger partial charge in [-0.3, -0.25) is 14.4 Å². The molecule has 0 aromatic heterocycles. The van der Waals surface area contributed by atoms with Crippen LogP contribution in [0.5, 0.6) is 5.75 Å². The third-order valence-electron chi connectivity index (χ3n) is 4.68. The fourth-order valence-electron chi connectivity index (χ4n) is 3.50. The van der Waals surface area contributed by atoms with Gasteiger partial charge in [0.2, 0.25) is 0 Å². The Balaban J connectivity index is 2.61. The third-order valence-corrected chi connectivity index (χ3v) is 4.68. The number of ketones is 1. The molecule has 1 fully saturated rings. The number of benzene rings is 1. The molecule has 0 spiro atoms. The Kier molecular flexibility index (Phi) is 5.47. The molecule has 7 nitrogen and oxygen atoms in total. The molecule has 2 rings (SSSR count). The van der Waals surface area contributed by atoms with Crippen LogP contribution in [0.15, 0.2) is 24.3 Å². The standard InChI is InChI=1S/C18H22O7/c1-18(22)9-12(19)14(16(20)24-3)13(15(18)17(21)25-4)10-5-7-11(23-2)8-6-10/h5-8,13-15,22H,9H2,1-4H3/t13-,14+,15-,18+/m0/s1. The molecule has 1 saturated carbocycles. The highest BCUT2D eigenvalue weighted by atomic mass is 16.5. The molecule has 1 aliphatic carbocycles. The molecule has 0 aliphatic heterocycles. The van der Waals surface area contributed by atoms with Gasteiger partial charge in [-0.1, -0.05) is 12.1 Å². The summed E-state index contributed by atoms with van der Waals surface area (Å²) in [4.78, 5) is 37.2. The number of ether oxygens (including phenoxy) is 3. The van der Waals surface area contributed by atoms with E-state index in [9.17, 15) is 19.5 Å². The molecule has 0 radical (unpaired) electrons. The van der Waals surface area contributed by atoms with Crippen molar-refractivity contribution in [1.82, 2.24) is 0 Å². The fraction of sp³-hybridized carbons (Fsp3) is 0.500. The number of carbonyl (C=O) groups excluding carboxylic acids is 3. The second-order valence-corrected chi connectivity index (χ2v) is 6.30. The average molecular weight is 350 g/mol. The first-order valence-corrected chi connectivity index (χ1v) is 7.81. The smallest absolute Gasteiger partial charge is 0.316 e. The molecule has 25 heavy (non-hydrogen) atoms. The van der Waals surface area contributed by atoms with Crippen molar-refractivity contribution in [2.24, 2.45) is 11.8 Å². The van der Waals surface area contributed by atoms with E-state index in [1.165, 1.54) is 28.3 Å². The van der Waals surface area contributed by atoms with Gasteiger partial charge in [0.05, 0.1) is 32.8 Å². The maximum atomic E-state index is 12.5. The van der Waals surface area contributed by atoms with Gasteiger partial charge >= 0.3 is 11.9 Å². The summed E-state index contributed by atoms with van der Waals surface area (Å²) in [6.45, 7) is 1.40. The van der Waals surface area contributed by atoms with E-state index < -0.39 is 41.1 Å². The minimum Gasteiger partial charge on any atom is -0.497 e. The number of hydrogen-bond donors (Lipinski definition) is 1. The van der Waals surface area contributed by atoms with Crippen molar-refractivity contribution < 1.29 is 33.7 Å². The molecular formula is C18H22O7. The van der Waals surface area contributed by atoms with Crippen molar-refractivity contribution in [3.8, 4) is 5.75 Å². The molecule has 7 heteroatoms. The quantitative estimate of drug-likeness (QED) is 0.641. The minimum absolute atomic E-state index is 0.334. The van der Waals surface area contributed by atoms with Gasteiger partial charge in [0.25, 0.3) is 0 Å². The third kappa shape index (κ3) is 3.51. The zero-order valence-corrected chi connectivity index (χ0v) is 14.6. The van der Waals surface area contributed by atoms with Crippen LogP contribution in [0.4, 0.5) is 0 Å². The lowest BCUT2D eigenvalue weighted by molar-refractivity contribution is -0.170. The Morgan fingerprint density at radius 2 is 1.64 bits per heavy atom. The molecule has 0 bridgehead atoms. The first-order valence-electron chi connectivity index (χ1n) is 7.81. The van der Waals surface area contributed by atoms with Gasteiger partial charge in [-0.25, -0.2) is 0 Å². The molecule has 1 aromatic carbocycles. The molecule has 1 aromatic rings. The molecule has 1 aliphatic rings. The fourth-order valence-corrected chi connectivity index (χ4v) is 3.50. The number of carbonyl (C=O) groups is 3. The van der Waals surface area contributed by atoms with Crippen LogP contribution in [-0.4, -0.2) is 49.8 Å². The predicted octanol–water partition coefficient (Wildman–Crippen LogP) is 1.08. The topological polar surface area (TPSA) is 99.1 Å². The van der Waals surface area contributed by atoms with Gasteiger partial charge in [-0.2, -0.15) is 0 Å². The number of aliphatic hydroxyl groups is 1. The Morgan fingerprint density at radius 1 is 1.08 bits per heavy atom. The van der Waals surface area contributed by atoms with Crippen LogP contribution in [0.3, 0.4) is 0 Å². The largest absolute Gasteiger partial charge is 0.497 e. The van der Waals surface area contributed by atoms with Crippen molar-refractivity contribution in [3.63, 3.8) is 0 Å². The van der Waals surface area contributed by atoms with Crippen LogP contribution in [0.25, 0.3) is 0 Å². The summed E-state index contributed by atoms with van der Waals surface area (Å²) in [6, 6.07) is 6.63. The molecule has 136 valence electrons. The second-order valence-electron chi connectivity index (χ2n) is 6.30. The maximum absolute atomic E-state index is 12.5. The van der Waals surface area contributed by atoms with E-state index in [-0.39, 0.29) is 6.42 Å². The number of methoxy groups -OCH3 is 3. The molecule has 0 amide bonds. The lowest BCUT2D eigenvalue weighted by Crippen LogP contribution is -2.55. The summed E-state index contributed by atoms with van der Waals surface area (Å²) in [6.07, 6.45) is -0.334. The van der Waals surface area contributed by atoms with Crippen LogP contribution >= 0.6 is 0 Å². The zero-order chi connectivity index (χ0) is 18.8. The molecule has 0 saturated heterocycles. The van der Waals surface area contributed by atoms with E-state index in [4.69, 9.17) is 14.2 Å². The summed E-state index contributed by atoms with van der Waals surface area (Å²) in [7, 11) is 3.89. The van der Waals surface area contributed by atoms with Gasteiger partial charge in [-0.15, -0.1) is 0 Å². The first-order chi connectivity index (χ1) is 11.8. The molecular weight excluding hydrogens is 328 g/mol. The van der Waals surface area contributed by atoms with Gasteiger partial charge in [-0.05, 0) is 24.6 Å². The minimum atomic E-state index is -1.64. The van der Waals surface area contributed by atoms with E-state index in [1.807, 2.05) is 0 Å². The van der Waals surface area contributed by atoms with Crippen LogP contribution in [0, 0.1) is 11.8 Å². The van der Waals surface area contributed by atoms with Crippen molar-refractivity contribution in [2.75, 3.05) is 21.3 Å². The number of hydrogen-bond acceptors (Lipinski definition) is 7. The van der Waals surface area contributed by atoms with E-state index in [1.54, 1.807) is 24.3 Å². The molecule has 4 atom stereocenters. The molecule has 1 N–H and O–H groups in total. The van der Waals surface area contributed by atoms with E-state index in [2.05, 4.69) is 0 Å². The van der Waals surface area contributed by atoms with Crippen molar-refractivity contribution in [3.05, 3.63) is 29.8 Å². The van der Waals surface area contributed by atoms with Gasteiger partial charge < -0.3 is 19.3 Å². The summed E-state index contributed by atoms with van der Waals surface area (Å²) in [5.41, 5.74) is -1.10. The van der Waals surface area contributed by atoms with Crippen LogP contribution < -0.4 is 4.74 Å². The summed E-state index contributed by atoms with van der Waals surface area (Å²) >= 11 is 0. The summed E-state index contributed by atoms with van der Waals surface area (Å²) in [5, 5.41) is 10.7. The van der Waals surface area contributed by atoms with Gasteiger partial charge in [0.1, 0.15) is 11.7 Å². The molecule has 0 heterocycles. The number of esters is 2. The Hall–Kier alpha value is -2.41. The van der Waals surface area contributed by atoms with E-state index >= 15 is 0 Å². The second kappa shape index (κ2) is 7.23. The van der Waals surface area contributed by atoms with Crippen molar-refractivity contribution in [1.29, 1.82) is 0 Å². The zero-order valence-electron chi connectivity index (χ0n) is 14.6. The first kappa shape index (κ1) is 18.9. The highest BCUT2D eigenvalue weighted by molar-refractivity contribution is 6.02. The van der Waals surface area contributed by atoms with Gasteiger partial charge in [0, 0.05) is 12.3 Å².